The molecule has 2 rings (SSSR count). The van der Waals surface area contributed by atoms with Crippen molar-refractivity contribution < 1.29 is 14.2 Å². The topological polar surface area (TPSA) is 27.7 Å². The van der Waals surface area contributed by atoms with Gasteiger partial charge in [0.2, 0.25) is 6.29 Å². The van der Waals surface area contributed by atoms with Gasteiger partial charge in [-0.3, -0.25) is 0 Å². The number of ether oxygens (including phenoxy) is 3. The normalized spacial score (nSPS) is 37.4. The minimum absolute atomic E-state index is 0.00468. The molecule has 68 valence electrons. The quantitative estimate of drug-likeness (QED) is 0.600. The molecule has 1 saturated heterocycles. The molecule has 0 aromatic carbocycles. The molecule has 0 saturated carbocycles. The lowest BCUT2D eigenvalue weighted by Crippen LogP contribution is -2.22. The van der Waals surface area contributed by atoms with Crippen molar-refractivity contribution in [2.45, 2.75) is 45.4 Å². The average molecular weight is 170 g/mol. The first-order chi connectivity index (χ1) is 5.61. The van der Waals surface area contributed by atoms with Gasteiger partial charge in [-0.15, -0.1) is 0 Å². The van der Waals surface area contributed by atoms with Crippen LogP contribution in [0.2, 0.25) is 0 Å². The lowest BCUT2D eigenvalue weighted by atomic mass is 10.3. The monoisotopic (exact) mass is 170 g/mol. The Kier molecular flexibility index (Phi) is 1.66. The van der Waals surface area contributed by atoms with E-state index >= 15 is 0 Å². The van der Waals surface area contributed by atoms with Crippen molar-refractivity contribution in [1.29, 1.82) is 0 Å². The SMILES string of the molecule is CCC1=C[C@H]2OC(C)(C)O[C@H]2O1. The number of rotatable bonds is 1. The van der Waals surface area contributed by atoms with Crippen molar-refractivity contribution in [1.82, 2.24) is 0 Å². The maximum absolute atomic E-state index is 5.58. The third-order valence-corrected chi connectivity index (χ3v) is 2.05. The van der Waals surface area contributed by atoms with Crippen LogP contribution in [0.5, 0.6) is 0 Å². The van der Waals surface area contributed by atoms with E-state index in [1.807, 2.05) is 19.9 Å². The van der Waals surface area contributed by atoms with Crippen LogP contribution in [-0.4, -0.2) is 18.2 Å². The highest BCUT2D eigenvalue weighted by atomic mass is 16.8. The fraction of sp³-hybridized carbons (Fsp3) is 0.778. The molecule has 0 unspecified atom stereocenters. The predicted octanol–water partition coefficient (Wildman–Crippen LogP) is 1.79. The first-order valence-electron chi connectivity index (χ1n) is 4.34. The van der Waals surface area contributed by atoms with Gasteiger partial charge in [-0.1, -0.05) is 6.92 Å². The number of hydrogen-bond acceptors (Lipinski definition) is 3. The van der Waals surface area contributed by atoms with E-state index in [9.17, 15) is 0 Å². The van der Waals surface area contributed by atoms with Crippen LogP contribution in [0.15, 0.2) is 11.8 Å². The highest BCUT2D eigenvalue weighted by Crippen LogP contribution is 2.35. The van der Waals surface area contributed by atoms with Gasteiger partial charge in [0.25, 0.3) is 0 Å². The van der Waals surface area contributed by atoms with Crippen LogP contribution in [0.25, 0.3) is 0 Å². The number of fused-ring (bicyclic) bond motifs is 1. The van der Waals surface area contributed by atoms with Crippen molar-refractivity contribution in [2.75, 3.05) is 0 Å². The molecule has 0 spiro atoms. The molecule has 0 aromatic heterocycles. The van der Waals surface area contributed by atoms with Crippen LogP contribution in [-0.2, 0) is 14.2 Å². The number of hydrogen-bond donors (Lipinski definition) is 0. The molecule has 0 bridgehead atoms. The summed E-state index contributed by atoms with van der Waals surface area (Å²) in [5, 5.41) is 0. The van der Waals surface area contributed by atoms with E-state index < -0.39 is 5.79 Å². The van der Waals surface area contributed by atoms with Gasteiger partial charge in [0, 0.05) is 6.42 Å². The van der Waals surface area contributed by atoms with Gasteiger partial charge in [-0.25, -0.2) is 0 Å². The van der Waals surface area contributed by atoms with Crippen LogP contribution in [0.4, 0.5) is 0 Å². The fourth-order valence-corrected chi connectivity index (χ4v) is 1.53. The zero-order valence-corrected chi connectivity index (χ0v) is 7.66. The smallest absolute Gasteiger partial charge is 0.232 e. The van der Waals surface area contributed by atoms with Crippen LogP contribution >= 0.6 is 0 Å². The van der Waals surface area contributed by atoms with Gasteiger partial charge >= 0.3 is 0 Å². The Morgan fingerprint density at radius 2 is 2.17 bits per heavy atom. The zero-order chi connectivity index (χ0) is 8.77. The van der Waals surface area contributed by atoms with E-state index in [1.54, 1.807) is 0 Å². The van der Waals surface area contributed by atoms with Gasteiger partial charge in [0.1, 0.15) is 6.10 Å². The Labute approximate surface area is 72.3 Å². The molecule has 0 N–H and O–H groups in total. The van der Waals surface area contributed by atoms with E-state index in [0.717, 1.165) is 12.2 Å². The van der Waals surface area contributed by atoms with E-state index in [4.69, 9.17) is 14.2 Å². The van der Waals surface area contributed by atoms with Crippen LogP contribution in [0.1, 0.15) is 27.2 Å². The third-order valence-electron chi connectivity index (χ3n) is 2.05. The highest BCUT2D eigenvalue weighted by molar-refractivity contribution is 5.07. The Morgan fingerprint density at radius 3 is 2.75 bits per heavy atom. The van der Waals surface area contributed by atoms with Crippen LogP contribution in [0.3, 0.4) is 0 Å². The summed E-state index contributed by atoms with van der Waals surface area (Å²) in [6.07, 6.45) is 2.68. The van der Waals surface area contributed by atoms with Crippen molar-refractivity contribution in [3.63, 3.8) is 0 Å². The van der Waals surface area contributed by atoms with Crippen molar-refractivity contribution in [2.24, 2.45) is 0 Å². The molecule has 2 aliphatic heterocycles. The van der Waals surface area contributed by atoms with E-state index in [-0.39, 0.29) is 12.4 Å². The molecule has 2 aliphatic rings. The van der Waals surface area contributed by atoms with E-state index in [1.165, 1.54) is 0 Å². The van der Waals surface area contributed by atoms with Crippen molar-refractivity contribution >= 4 is 0 Å². The van der Waals surface area contributed by atoms with Crippen LogP contribution in [0, 0.1) is 0 Å². The molecular formula is C9H14O3. The summed E-state index contributed by atoms with van der Waals surface area (Å²) in [6, 6.07) is 0. The van der Waals surface area contributed by atoms with Crippen LogP contribution < -0.4 is 0 Å². The fourth-order valence-electron chi connectivity index (χ4n) is 1.53. The predicted molar refractivity (Wildman–Crippen MR) is 43.3 cm³/mol. The molecule has 0 radical (unpaired) electrons. The Morgan fingerprint density at radius 1 is 1.42 bits per heavy atom. The second-order valence-electron chi connectivity index (χ2n) is 3.57. The first-order valence-corrected chi connectivity index (χ1v) is 4.34. The third kappa shape index (κ3) is 1.23. The summed E-state index contributed by atoms with van der Waals surface area (Å²) in [5.41, 5.74) is 0. The largest absolute Gasteiger partial charge is 0.466 e. The molecule has 3 nitrogen and oxygen atoms in total. The summed E-state index contributed by atoms with van der Waals surface area (Å²) in [4.78, 5) is 0. The maximum atomic E-state index is 5.58. The van der Waals surface area contributed by atoms with E-state index in [2.05, 4.69) is 6.92 Å². The minimum atomic E-state index is -0.495. The molecule has 2 atom stereocenters. The number of allylic oxidation sites excluding steroid dienone is 1. The summed E-state index contributed by atoms with van der Waals surface area (Å²) in [7, 11) is 0. The first kappa shape index (κ1) is 8.08. The average Bonchev–Trinajstić information content (AvgIpc) is 2.40. The van der Waals surface area contributed by atoms with Gasteiger partial charge < -0.3 is 14.2 Å². The molecule has 1 fully saturated rings. The summed E-state index contributed by atoms with van der Waals surface area (Å²) >= 11 is 0. The molecule has 2 heterocycles. The highest BCUT2D eigenvalue weighted by Gasteiger charge is 2.45. The van der Waals surface area contributed by atoms with Gasteiger partial charge in [0.05, 0.1) is 5.76 Å². The zero-order valence-electron chi connectivity index (χ0n) is 7.66. The van der Waals surface area contributed by atoms with Crippen molar-refractivity contribution in [3.05, 3.63) is 11.8 Å². The molecule has 0 aromatic rings. The Hall–Kier alpha value is -0.540. The van der Waals surface area contributed by atoms with Gasteiger partial charge in [-0.2, -0.15) is 0 Å². The Bertz CT molecular complexity index is 220. The summed E-state index contributed by atoms with van der Waals surface area (Å²) < 4.78 is 16.6. The summed E-state index contributed by atoms with van der Waals surface area (Å²) in [5.74, 6) is 0.478. The van der Waals surface area contributed by atoms with Crippen molar-refractivity contribution in [3.8, 4) is 0 Å². The summed E-state index contributed by atoms with van der Waals surface area (Å²) in [6.45, 7) is 5.85. The lowest BCUT2D eigenvalue weighted by molar-refractivity contribution is -0.181. The molecule has 0 amide bonds. The Balaban J connectivity index is 2.08. The second kappa shape index (κ2) is 2.47. The van der Waals surface area contributed by atoms with Gasteiger partial charge in [0.15, 0.2) is 5.79 Å². The molecule has 12 heavy (non-hydrogen) atoms. The second-order valence-corrected chi connectivity index (χ2v) is 3.57. The standard InChI is InChI=1S/C9H14O3/c1-4-6-5-7-8(10-6)12-9(2,3)11-7/h5,7-8H,4H2,1-3H3/t7-,8-/m1/s1. The molecule has 0 aliphatic carbocycles. The van der Waals surface area contributed by atoms with Gasteiger partial charge in [-0.05, 0) is 19.9 Å². The maximum Gasteiger partial charge on any atom is 0.232 e. The van der Waals surface area contributed by atoms with E-state index in [0.29, 0.717) is 0 Å². The lowest BCUT2D eigenvalue weighted by Gasteiger charge is -2.17. The molecular weight excluding hydrogens is 156 g/mol. The molecule has 3 heteroatoms. The minimum Gasteiger partial charge on any atom is -0.466 e.